The number of aromatic amines is 1. The fourth-order valence-electron chi connectivity index (χ4n) is 3.38. The van der Waals surface area contributed by atoms with Gasteiger partial charge in [0, 0.05) is 36.1 Å². The molecule has 152 valence electrons. The SMILES string of the molecule is CC1COCCN1c1nc(-c2ccnc3[nH]ccc23)nc(NS(C)(=O)=O)c1C=N. The van der Waals surface area contributed by atoms with Crippen LogP contribution in [-0.2, 0) is 14.8 Å². The molecule has 4 rings (SSSR count). The third kappa shape index (κ3) is 3.78. The highest BCUT2D eigenvalue weighted by molar-refractivity contribution is 7.92. The van der Waals surface area contributed by atoms with Gasteiger partial charge in [0.2, 0.25) is 10.0 Å². The van der Waals surface area contributed by atoms with Crippen LogP contribution in [0.25, 0.3) is 22.4 Å². The van der Waals surface area contributed by atoms with E-state index in [2.05, 4.69) is 19.7 Å². The van der Waals surface area contributed by atoms with E-state index in [-0.39, 0.29) is 11.9 Å². The maximum Gasteiger partial charge on any atom is 0.230 e. The van der Waals surface area contributed by atoms with Crippen molar-refractivity contribution in [2.45, 2.75) is 13.0 Å². The number of rotatable bonds is 5. The molecule has 3 aromatic heterocycles. The zero-order valence-corrected chi connectivity index (χ0v) is 16.8. The molecule has 11 heteroatoms. The third-order valence-electron chi connectivity index (χ3n) is 4.69. The molecule has 1 aliphatic rings. The van der Waals surface area contributed by atoms with E-state index < -0.39 is 10.0 Å². The van der Waals surface area contributed by atoms with Gasteiger partial charge in [0.05, 0.1) is 31.1 Å². The van der Waals surface area contributed by atoms with Crippen molar-refractivity contribution < 1.29 is 13.2 Å². The summed E-state index contributed by atoms with van der Waals surface area (Å²) in [6, 6.07) is 3.67. The van der Waals surface area contributed by atoms with Crippen molar-refractivity contribution in [2.75, 3.05) is 35.6 Å². The molecule has 1 unspecified atom stereocenters. The Balaban J connectivity index is 1.96. The van der Waals surface area contributed by atoms with Crippen LogP contribution in [-0.4, -0.2) is 66.6 Å². The van der Waals surface area contributed by atoms with Crippen molar-refractivity contribution in [1.82, 2.24) is 19.9 Å². The Morgan fingerprint density at radius 2 is 2.21 bits per heavy atom. The molecule has 29 heavy (non-hydrogen) atoms. The number of aromatic nitrogens is 4. The van der Waals surface area contributed by atoms with Crippen molar-refractivity contribution >= 4 is 38.9 Å². The van der Waals surface area contributed by atoms with Crippen LogP contribution in [0.2, 0.25) is 0 Å². The van der Waals surface area contributed by atoms with Crippen LogP contribution >= 0.6 is 0 Å². The monoisotopic (exact) mass is 415 g/mol. The largest absolute Gasteiger partial charge is 0.377 e. The highest BCUT2D eigenvalue weighted by Crippen LogP contribution is 2.32. The average Bonchev–Trinajstić information content (AvgIpc) is 3.15. The molecule has 10 nitrogen and oxygen atoms in total. The smallest absolute Gasteiger partial charge is 0.230 e. The summed E-state index contributed by atoms with van der Waals surface area (Å²) in [4.78, 5) is 18.5. The number of sulfonamides is 1. The summed E-state index contributed by atoms with van der Waals surface area (Å²) in [5.41, 5.74) is 1.71. The average molecular weight is 415 g/mol. The van der Waals surface area contributed by atoms with Gasteiger partial charge >= 0.3 is 0 Å². The summed E-state index contributed by atoms with van der Waals surface area (Å²) < 4.78 is 31.8. The van der Waals surface area contributed by atoms with Gasteiger partial charge in [-0.3, -0.25) is 4.72 Å². The van der Waals surface area contributed by atoms with Crippen LogP contribution in [0.1, 0.15) is 12.5 Å². The van der Waals surface area contributed by atoms with Crippen LogP contribution in [0.4, 0.5) is 11.6 Å². The van der Waals surface area contributed by atoms with Crippen molar-refractivity contribution in [3.63, 3.8) is 0 Å². The van der Waals surface area contributed by atoms with Gasteiger partial charge in [-0.25, -0.2) is 23.4 Å². The summed E-state index contributed by atoms with van der Waals surface area (Å²) in [6.07, 6.45) is 5.54. The van der Waals surface area contributed by atoms with Crippen molar-refractivity contribution in [3.8, 4) is 11.4 Å². The fraction of sp³-hybridized carbons (Fsp3) is 0.333. The van der Waals surface area contributed by atoms with E-state index >= 15 is 0 Å². The van der Waals surface area contributed by atoms with E-state index in [9.17, 15) is 8.42 Å². The lowest BCUT2D eigenvalue weighted by Crippen LogP contribution is -2.44. The zero-order chi connectivity index (χ0) is 20.6. The van der Waals surface area contributed by atoms with Crippen molar-refractivity contribution in [2.24, 2.45) is 0 Å². The Hall–Kier alpha value is -3.05. The number of hydrogen-bond acceptors (Lipinski definition) is 8. The predicted octanol–water partition coefficient (Wildman–Crippen LogP) is 1.61. The van der Waals surface area contributed by atoms with Gasteiger partial charge < -0.3 is 20.0 Å². The number of hydrogen-bond donors (Lipinski definition) is 3. The van der Waals surface area contributed by atoms with Gasteiger partial charge in [0.15, 0.2) is 11.6 Å². The van der Waals surface area contributed by atoms with Crippen LogP contribution in [0.5, 0.6) is 0 Å². The summed E-state index contributed by atoms with van der Waals surface area (Å²) in [5.74, 6) is 0.913. The van der Waals surface area contributed by atoms with Crippen LogP contribution < -0.4 is 9.62 Å². The van der Waals surface area contributed by atoms with Gasteiger partial charge in [0.1, 0.15) is 11.5 Å². The molecule has 0 bridgehead atoms. The first-order chi connectivity index (χ1) is 13.9. The van der Waals surface area contributed by atoms with Gasteiger partial charge in [0.25, 0.3) is 0 Å². The van der Waals surface area contributed by atoms with Gasteiger partial charge in [-0.1, -0.05) is 0 Å². The topological polar surface area (TPSA) is 137 Å². The summed E-state index contributed by atoms with van der Waals surface area (Å²) >= 11 is 0. The van der Waals surface area contributed by atoms with Gasteiger partial charge in [-0.05, 0) is 19.1 Å². The molecule has 3 aromatic rings. The molecule has 0 saturated carbocycles. The fourth-order valence-corrected chi connectivity index (χ4v) is 3.89. The minimum atomic E-state index is -3.61. The molecular weight excluding hydrogens is 394 g/mol. The second kappa shape index (κ2) is 7.41. The molecule has 0 aromatic carbocycles. The first kappa shape index (κ1) is 19.3. The Morgan fingerprint density at radius 3 is 2.93 bits per heavy atom. The van der Waals surface area contributed by atoms with E-state index in [1.54, 1.807) is 18.5 Å². The molecule has 4 heterocycles. The number of fused-ring (bicyclic) bond motifs is 1. The van der Waals surface area contributed by atoms with Crippen LogP contribution in [0.3, 0.4) is 0 Å². The molecule has 0 radical (unpaired) electrons. The minimum absolute atomic E-state index is 0.0148. The predicted molar refractivity (Wildman–Crippen MR) is 111 cm³/mol. The standard InChI is InChI=1S/C18H21N7O3S/c1-11-10-28-8-7-25(11)18-14(9-19)17(24-29(2,26)27)22-16(23-18)13-4-6-21-15-12(13)3-5-20-15/h3-6,9,11,19H,7-8,10H2,1-2H3,(H,20,21)(H,22,23,24). The quantitative estimate of drug-likeness (QED) is 0.538. The number of H-pyrrole nitrogens is 1. The van der Waals surface area contributed by atoms with Crippen LogP contribution in [0, 0.1) is 5.41 Å². The number of morpholine rings is 1. The highest BCUT2D eigenvalue weighted by atomic mass is 32.2. The number of nitrogens with one attached hydrogen (secondary N) is 3. The normalized spacial score (nSPS) is 17.4. The molecule has 3 N–H and O–H groups in total. The molecule has 0 amide bonds. The Labute approximate surface area is 167 Å². The molecule has 1 aliphatic heterocycles. The molecular formula is C18H21N7O3S. The van der Waals surface area contributed by atoms with E-state index in [0.29, 0.717) is 48.2 Å². The number of ether oxygens (including phenoxy) is 1. The van der Waals surface area contributed by atoms with E-state index in [4.69, 9.17) is 15.1 Å². The van der Waals surface area contributed by atoms with Crippen molar-refractivity contribution in [3.05, 3.63) is 30.1 Å². The molecule has 0 spiro atoms. The summed E-state index contributed by atoms with van der Waals surface area (Å²) in [5, 5.41) is 8.71. The number of nitrogens with zero attached hydrogens (tertiary/aromatic N) is 4. The molecule has 1 fully saturated rings. The first-order valence-corrected chi connectivity index (χ1v) is 10.9. The lowest BCUT2D eigenvalue weighted by Gasteiger charge is -2.35. The Kier molecular flexibility index (Phi) is 4.92. The van der Waals surface area contributed by atoms with Crippen LogP contribution in [0.15, 0.2) is 24.5 Å². The summed E-state index contributed by atoms with van der Waals surface area (Å²) in [6.45, 7) is 3.61. The second-order valence-electron chi connectivity index (χ2n) is 6.87. The third-order valence-corrected chi connectivity index (χ3v) is 5.26. The molecule has 1 atom stereocenters. The van der Waals surface area contributed by atoms with Gasteiger partial charge in [-0.2, -0.15) is 0 Å². The van der Waals surface area contributed by atoms with Crippen molar-refractivity contribution in [1.29, 1.82) is 5.41 Å². The Bertz CT molecular complexity index is 1180. The number of pyridine rings is 1. The minimum Gasteiger partial charge on any atom is -0.377 e. The van der Waals surface area contributed by atoms with E-state index in [1.807, 2.05) is 17.9 Å². The maximum absolute atomic E-state index is 11.9. The maximum atomic E-state index is 11.9. The Morgan fingerprint density at radius 1 is 1.38 bits per heavy atom. The lowest BCUT2D eigenvalue weighted by molar-refractivity contribution is 0.0985. The number of anilines is 2. The second-order valence-corrected chi connectivity index (χ2v) is 8.62. The van der Waals surface area contributed by atoms with E-state index in [0.717, 1.165) is 17.9 Å². The summed E-state index contributed by atoms with van der Waals surface area (Å²) in [7, 11) is -3.61. The highest BCUT2D eigenvalue weighted by Gasteiger charge is 2.26. The van der Waals surface area contributed by atoms with E-state index in [1.165, 1.54) is 0 Å². The lowest BCUT2D eigenvalue weighted by atomic mass is 10.1. The molecule has 0 aliphatic carbocycles. The van der Waals surface area contributed by atoms with Gasteiger partial charge in [-0.15, -0.1) is 0 Å². The molecule has 1 saturated heterocycles. The zero-order valence-electron chi connectivity index (χ0n) is 16.0. The first-order valence-electron chi connectivity index (χ1n) is 9.04.